The quantitative estimate of drug-likeness (QED) is 0.196. The summed E-state index contributed by atoms with van der Waals surface area (Å²) in [6, 6.07) is 45.6. The Kier molecular flexibility index (Phi) is 5.87. The standard InChI is InChI=1S/C43H28N2OS/c1-3-12-27(13-4-1)34-26-35-42(40-33-17-8-10-21-38(33)46-41(34)40)47-43(44-35)29-24-22-28(23-25-29)31-18-11-20-37-39(31)32-16-7-9-19-36(32)45(37)30-14-5-2-6-15-30/h1-3,5-12,14-26H,4,13H2. The summed E-state index contributed by atoms with van der Waals surface area (Å²) in [7, 11) is 0. The van der Waals surface area contributed by atoms with Crippen LogP contribution in [0.2, 0.25) is 0 Å². The van der Waals surface area contributed by atoms with E-state index in [1.165, 1.54) is 54.3 Å². The van der Waals surface area contributed by atoms with Crippen molar-refractivity contribution in [1.82, 2.24) is 9.55 Å². The third-order valence-corrected chi connectivity index (χ3v) is 10.7. The minimum absolute atomic E-state index is 0.922. The molecule has 10 rings (SSSR count). The monoisotopic (exact) mass is 620 g/mol. The van der Waals surface area contributed by atoms with Crippen LogP contribution in [-0.2, 0) is 0 Å². The van der Waals surface area contributed by atoms with E-state index in [0.717, 1.165) is 51.0 Å². The molecule has 0 aliphatic heterocycles. The topological polar surface area (TPSA) is 31.0 Å². The first-order valence-electron chi connectivity index (χ1n) is 16.1. The minimum Gasteiger partial charge on any atom is -0.455 e. The van der Waals surface area contributed by atoms with Crippen molar-refractivity contribution in [2.24, 2.45) is 0 Å². The number of rotatable bonds is 4. The van der Waals surface area contributed by atoms with Gasteiger partial charge in [0.2, 0.25) is 0 Å². The number of furan rings is 1. The van der Waals surface area contributed by atoms with Crippen LogP contribution in [0.15, 0.2) is 150 Å². The molecule has 0 fully saturated rings. The Labute approximate surface area is 275 Å². The zero-order valence-electron chi connectivity index (χ0n) is 25.5. The number of aromatic nitrogens is 2. The van der Waals surface area contributed by atoms with Crippen molar-refractivity contribution in [1.29, 1.82) is 0 Å². The van der Waals surface area contributed by atoms with E-state index < -0.39 is 0 Å². The highest BCUT2D eigenvalue weighted by atomic mass is 32.1. The van der Waals surface area contributed by atoms with Gasteiger partial charge in [-0.2, -0.15) is 0 Å². The SMILES string of the molecule is C1=CCCC(c2cc3nc(-c4ccc(-c5cccc6c5c5ccccc5n6-c5ccccc5)cc4)sc3c3c2oc2ccccc23)=C1. The van der Waals surface area contributed by atoms with Crippen LogP contribution < -0.4 is 0 Å². The van der Waals surface area contributed by atoms with Crippen molar-refractivity contribution < 1.29 is 4.42 Å². The number of hydrogen-bond donors (Lipinski definition) is 0. The van der Waals surface area contributed by atoms with Crippen molar-refractivity contribution in [3.63, 3.8) is 0 Å². The van der Waals surface area contributed by atoms with E-state index in [4.69, 9.17) is 9.40 Å². The van der Waals surface area contributed by atoms with Crippen molar-refractivity contribution in [3.05, 3.63) is 151 Å². The Balaban J connectivity index is 1.12. The van der Waals surface area contributed by atoms with Crippen LogP contribution in [0.1, 0.15) is 18.4 Å². The number of allylic oxidation sites excluding steroid dienone is 4. The lowest BCUT2D eigenvalue weighted by atomic mass is 9.95. The summed E-state index contributed by atoms with van der Waals surface area (Å²) in [6.45, 7) is 0. The first-order chi connectivity index (χ1) is 23.3. The maximum atomic E-state index is 6.53. The number of hydrogen-bond acceptors (Lipinski definition) is 3. The molecular weight excluding hydrogens is 593 g/mol. The summed E-state index contributed by atoms with van der Waals surface area (Å²) < 4.78 is 10.1. The van der Waals surface area contributed by atoms with Gasteiger partial charge in [-0.15, -0.1) is 11.3 Å². The molecule has 47 heavy (non-hydrogen) atoms. The number of fused-ring (bicyclic) bond motifs is 8. The summed E-state index contributed by atoms with van der Waals surface area (Å²) >= 11 is 1.75. The van der Waals surface area contributed by atoms with Gasteiger partial charge in [-0.3, -0.25) is 0 Å². The maximum Gasteiger partial charge on any atom is 0.144 e. The highest BCUT2D eigenvalue weighted by Gasteiger charge is 2.21. The second kappa shape index (κ2) is 10.4. The summed E-state index contributed by atoms with van der Waals surface area (Å²) in [4.78, 5) is 5.23. The van der Waals surface area contributed by atoms with Crippen LogP contribution in [0.25, 0.3) is 86.9 Å². The second-order valence-electron chi connectivity index (χ2n) is 12.2. The molecule has 6 aromatic carbocycles. The number of thiazole rings is 1. The molecular formula is C43H28N2OS. The third-order valence-electron chi connectivity index (χ3n) is 9.52. The van der Waals surface area contributed by atoms with Gasteiger partial charge < -0.3 is 8.98 Å². The average molecular weight is 621 g/mol. The van der Waals surface area contributed by atoms with Gasteiger partial charge in [0.25, 0.3) is 0 Å². The minimum atomic E-state index is 0.922. The summed E-state index contributed by atoms with van der Waals surface area (Å²) in [5.74, 6) is 0. The van der Waals surface area contributed by atoms with Gasteiger partial charge in [0.05, 0.1) is 21.3 Å². The fourth-order valence-corrected chi connectivity index (χ4v) is 8.47. The van der Waals surface area contributed by atoms with Crippen LogP contribution in [0, 0.1) is 0 Å². The highest BCUT2D eigenvalue weighted by Crippen LogP contribution is 2.45. The van der Waals surface area contributed by atoms with E-state index >= 15 is 0 Å². The van der Waals surface area contributed by atoms with E-state index in [-0.39, 0.29) is 0 Å². The Morgan fingerprint density at radius 1 is 0.660 bits per heavy atom. The molecule has 9 aromatic rings. The normalized spacial score (nSPS) is 13.4. The first-order valence-corrected chi connectivity index (χ1v) is 16.9. The van der Waals surface area contributed by atoms with Crippen molar-refractivity contribution in [2.45, 2.75) is 12.8 Å². The Bertz CT molecular complexity index is 2720. The third kappa shape index (κ3) is 4.08. The van der Waals surface area contributed by atoms with E-state index in [1.54, 1.807) is 11.3 Å². The maximum absolute atomic E-state index is 6.53. The Hall–Kier alpha value is -5.71. The van der Waals surface area contributed by atoms with Crippen LogP contribution in [0.3, 0.4) is 0 Å². The number of nitrogens with zero attached hydrogens (tertiary/aromatic N) is 2. The lowest BCUT2D eigenvalue weighted by Crippen LogP contribution is -1.92. The molecule has 4 heteroatoms. The molecule has 222 valence electrons. The van der Waals surface area contributed by atoms with E-state index in [2.05, 4.69) is 144 Å². The molecule has 0 spiro atoms. The van der Waals surface area contributed by atoms with Crippen LogP contribution in [0.4, 0.5) is 0 Å². The Morgan fingerprint density at radius 2 is 1.43 bits per heavy atom. The predicted molar refractivity (Wildman–Crippen MR) is 198 cm³/mol. The highest BCUT2D eigenvalue weighted by molar-refractivity contribution is 7.22. The smallest absolute Gasteiger partial charge is 0.144 e. The summed E-state index contributed by atoms with van der Waals surface area (Å²) in [5.41, 5.74) is 12.5. The zero-order valence-corrected chi connectivity index (χ0v) is 26.3. The van der Waals surface area contributed by atoms with Gasteiger partial charge in [-0.1, -0.05) is 109 Å². The molecule has 0 bridgehead atoms. The summed E-state index contributed by atoms with van der Waals surface area (Å²) in [6.07, 6.45) is 8.65. The molecule has 1 aliphatic rings. The van der Waals surface area contributed by atoms with Crippen LogP contribution >= 0.6 is 11.3 Å². The van der Waals surface area contributed by atoms with Crippen molar-refractivity contribution in [3.8, 4) is 27.4 Å². The molecule has 0 N–H and O–H groups in total. The number of para-hydroxylation sites is 3. The predicted octanol–water partition coefficient (Wildman–Crippen LogP) is 12.4. The molecule has 3 heterocycles. The van der Waals surface area contributed by atoms with Gasteiger partial charge >= 0.3 is 0 Å². The molecule has 0 saturated heterocycles. The molecule has 3 nitrogen and oxygen atoms in total. The molecule has 1 aliphatic carbocycles. The average Bonchev–Trinajstić information content (AvgIpc) is 3.84. The van der Waals surface area contributed by atoms with Gasteiger partial charge in [-0.05, 0) is 65.9 Å². The summed E-state index contributed by atoms with van der Waals surface area (Å²) in [5, 5.41) is 5.87. The van der Waals surface area contributed by atoms with Gasteiger partial charge in [0.15, 0.2) is 0 Å². The second-order valence-corrected chi connectivity index (χ2v) is 13.2. The van der Waals surface area contributed by atoms with Crippen LogP contribution in [0.5, 0.6) is 0 Å². The van der Waals surface area contributed by atoms with Crippen molar-refractivity contribution >= 4 is 70.9 Å². The van der Waals surface area contributed by atoms with E-state index in [1.807, 2.05) is 6.07 Å². The molecule has 0 radical (unpaired) electrons. The van der Waals surface area contributed by atoms with Gasteiger partial charge in [0, 0.05) is 38.4 Å². The van der Waals surface area contributed by atoms with Crippen molar-refractivity contribution in [2.75, 3.05) is 0 Å². The largest absolute Gasteiger partial charge is 0.455 e. The van der Waals surface area contributed by atoms with Crippen LogP contribution in [-0.4, -0.2) is 9.55 Å². The van der Waals surface area contributed by atoms with Gasteiger partial charge in [-0.25, -0.2) is 4.98 Å². The number of benzene rings is 6. The molecule has 0 atom stereocenters. The zero-order chi connectivity index (χ0) is 30.9. The molecule has 0 amide bonds. The van der Waals surface area contributed by atoms with E-state index in [0.29, 0.717) is 0 Å². The van der Waals surface area contributed by atoms with Gasteiger partial charge in [0.1, 0.15) is 16.2 Å². The fourth-order valence-electron chi connectivity index (χ4n) is 7.37. The molecule has 0 unspecified atom stereocenters. The lowest BCUT2D eigenvalue weighted by molar-refractivity contribution is 0.667. The van der Waals surface area contributed by atoms with E-state index in [9.17, 15) is 0 Å². The Morgan fingerprint density at radius 3 is 2.28 bits per heavy atom. The fraction of sp³-hybridized carbons (Fsp3) is 0.0465. The first kappa shape index (κ1) is 26.5. The molecule has 3 aromatic heterocycles. The molecule has 0 saturated carbocycles. The lowest BCUT2D eigenvalue weighted by Gasteiger charge is -2.10.